The van der Waals surface area contributed by atoms with Gasteiger partial charge in [0.2, 0.25) is 5.91 Å². The maximum Gasteiger partial charge on any atom is 0.227 e. The third kappa shape index (κ3) is 4.61. The number of halogens is 1. The summed E-state index contributed by atoms with van der Waals surface area (Å²) in [6.07, 6.45) is 0.505. The van der Waals surface area contributed by atoms with Crippen molar-refractivity contribution in [1.29, 1.82) is 0 Å². The molecule has 0 N–H and O–H groups in total. The lowest BCUT2D eigenvalue weighted by Gasteiger charge is -2.34. The van der Waals surface area contributed by atoms with Crippen LogP contribution in [-0.4, -0.2) is 46.9 Å². The van der Waals surface area contributed by atoms with Crippen LogP contribution in [0.3, 0.4) is 0 Å². The van der Waals surface area contributed by atoms with Crippen LogP contribution in [0.25, 0.3) is 11.3 Å². The normalized spacial score (nSPS) is 15.2. The van der Waals surface area contributed by atoms with E-state index in [9.17, 15) is 9.18 Å². The number of rotatable bonds is 5. The van der Waals surface area contributed by atoms with Gasteiger partial charge in [-0.1, -0.05) is 6.07 Å². The molecule has 1 aliphatic heterocycles. The van der Waals surface area contributed by atoms with Crippen molar-refractivity contribution in [2.75, 3.05) is 26.2 Å². The van der Waals surface area contributed by atoms with Gasteiger partial charge in [0.1, 0.15) is 10.8 Å². The number of thiazole rings is 1. The standard InChI is InChI=1S/C20H20FN3OS2/c21-16-5-3-15(4-6-16)18-14-27-19(22-18)13-23-7-9-24(10-8-23)20(25)12-17-2-1-11-26-17/h1-6,11,14H,7-10,12-13H2. The largest absolute Gasteiger partial charge is 0.340 e. The molecule has 1 aliphatic rings. The minimum atomic E-state index is -0.235. The molecule has 0 bridgehead atoms. The fraction of sp³-hybridized carbons (Fsp3) is 0.300. The summed E-state index contributed by atoms with van der Waals surface area (Å²) in [4.78, 5) is 22.5. The van der Waals surface area contributed by atoms with Crippen LogP contribution in [0.4, 0.5) is 4.39 Å². The topological polar surface area (TPSA) is 36.4 Å². The van der Waals surface area contributed by atoms with Gasteiger partial charge >= 0.3 is 0 Å². The van der Waals surface area contributed by atoms with Crippen LogP contribution >= 0.6 is 22.7 Å². The third-order valence-corrected chi connectivity index (χ3v) is 6.39. The van der Waals surface area contributed by atoms with Gasteiger partial charge < -0.3 is 4.90 Å². The first kappa shape index (κ1) is 18.3. The van der Waals surface area contributed by atoms with E-state index in [0.717, 1.165) is 53.9 Å². The molecule has 0 aliphatic carbocycles. The van der Waals surface area contributed by atoms with Crippen molar-refractivity contribution in [1.82, 2.24) is 14.8 Å². The average Bonchev–Trinajstić information content (AvgIpc) is 3.35. The first-order valence-corrected chi connectivity index (χ1v) is 10.7. The molecule has 4 nitrogen and oxygen atoms in total. The Hall–Kier alpha value is -2.09. The highest BCUT2D eigenvalue weighted by atomic mass is 32.1. The van der Waals surface area contributed by atoms with E-state index in [4.69, 9.17) is 0 Å². The van der Waals surface area contributed by atoms with Crippen LogP contribution in [0.2, 0.25) is 0 Å². The summed E-state index contributed by atoms with van der Waals surface area (Å²) in [6.45, 7) is 4.04. The average molecular weight is 402 g/mol. The van der Waals surface area contributed by atoms with Crippen LogP contribution < -0.4 is 0 Å². The molecular formula is C20H20FN3OS2. The second-order valence-corrected chi connectivity index (χ2v) is 8.52. The molecule has 0 unspecified atom stereocenters. The van der Waals surface area contributed by atoms with Crippen LogP contribution in [0, 0.1) is 5.82 Å². The molecule has 3 heterocycles. The fourth-order valence-corrected chi connectivity index (χ4v) is 4.70. The van der Waals surface area contributed by atoms with Crippen molar-refractivity contribution in [3.05, 3.63) is 62.9 Å². The summed E-state index contributed by atoms with van der Waals surface area (Å²) in [5, 5.41) is 5.07. The highest BCUT2D eigenvalue weighted by Crippen LogP contribution is 2.23. The van der Waals surface area contributed by atoms with Crippen LogP contribution in [0.15, 0.2) is 47.2 Å². The Morgan fingerprint density at radius 2 is 1.85 bits per heavy atom. The van der Waals surface area contributed by atoms with Crippen molar-refractivity contribution >= 4 is 28.6 Å². The van der Waals surface area contributed by atoms with Crippen LogP contribution in [0.5, 0.6) is 0 Å². The van der Waals surface area contributed by atoms with E-state index in [1.165, 1.54) is 12.1 Å². The molecule has 1 aromatic carbocycles. The summed E-state index contributed by atoms with van der Waals surface area (Å²) in [5.74, 6) is -0.0226. The zero-order valence-electron chi connectivity index (χ0n) is 14.8. The summed E-state index contributed by atoms with van der Waals surface area (Å²) < 4.78 is 13.1. The molecule has 1 saturated heterocycles. The van der Waals surface area contributed by atoms with E-state index >= 15 is 0 Å². The first-order chi connectivity index (χ1) is 13.2. The van der Waals surface area contributed by atoms with Crippen molar-refractivity contribution in [3.63, 3.8) is 0 Å². The number of amides is 1. The summed E-state index contributed by atoms with van der Waals surface area (Å²) in [6, 6.07) is 10.4. The maximum atomic E-state index is 13.1. The first-order valence-electron chi connectivity index (χ1n) is 8.90. The number of aromatic nitrogens is 1. The molecular weight excluding hydrogens is 381 g/mol. The van der Waals surface area contributed by atoms with E-state index in [-0.39, 0.29) is 11.7 Å². The molecule has 0 saturated carbocycles. The van der Waals surface area contributed by atoms with Gasteiger partial charge in [-0.2, -0.15) is 0 Å². The Morgan fingerprint density at radius 3 is 2.56 bits per heavy atom. The molecule has 1 amide bonds. The summed E-state index contributed by atoms with van der Waals surface area (Å²) in [7, 11) is 0. The number of benzene rings is 1. The van der Waals surface area contributed by atoms with Gasteiger partial charge in [-0.05, 0) is 35.7 Å². The minimum Gasteiger partial charge on any atom is -0.340 e. The van der Waals surface area contributed by atoms with E-state index in [1.807, 2.05) is 27.8 Å². The number of piperazine rings is 1. The second-order valence-electron chi connectivity index (χ2n) is 6.55. The van der Waals surface area contributed by atoms with E-state index in [1.54, 1.807) is 34.8 Å². The molecule has 3 aromatic rings. The molecule has 0 radical (unpaired) electrons. The van der Waals surface area contributed by atoms with Crippen molar-refractivity contribution in [3.8, 4) is 11.3 Å². The number of thiophene rings is 1. The molecule has 0 atom stereocenters. The van der Waals surface area contributed by atoms with Crippen molar-refractivity contribution in [2.45, 2.75) is 13.0 Å². The van der Waals surface area contributed by atoms with Gasteiger partial charge in [-0.15, -0.1) is 22.7 Å². The zero-order chi connectivity index (χ0) is 18.6. The molecule has 2 aromatic heterocycles. The summed E-state index contributed by atoms with van der Waals surface area (Å²) >= 11 is 3.26. The quantitative estimate of drug-likeness (QED) is 0.651. The minimum absolute atomic E-state index is 0.213. The zero-order valence-corrected chi connectivity index (χ0v) is 16.4. The molecule has 0 spiro atoms. The maximum absolute atomic E-state index is 13.1. The molecule has 4 rings (SSSR count). The van der Waals surface area contributed by atoms with E-state index < -0.39 is 0 Å². The lowest BCUT2D eigenvalue weighted by atomic mass is 10.2. The van der Waals surface area contributed by atoms with Crippen molar-refractivity contribution < 1.29 is 9.18 Å². The van der Waals surface area contributed by atoms with Crippen molar-refractivity contribution in [2.24, 2.45) is 0 Å². The Balaban J connectivity index is 1.29. The third-order valence-electron chi connectivity index (χ3n) is 4.68. The van der Waals surface area contributed by atoms with Gasteiger partial charge in [-0.3, -0.25) is 9.69 Å². The Morgan fingerprint density at radius 1 is 1.07 bits per heavy atom. The summed E-state index contributed by atoms with van der Waals surface area (Å²) in [5.41, 5.74) is 1.82. The second kappa shape index (κ2) is 8.29. The molecule has 140 valence electrons. The highest BCUT2D eigenvalue weighted by molar-refractivity contribution is 7.10. The number of nitrogens with zero attached hydrogens (tertiary/aromatic N) is 3. The van der Waals surface area contributed by atoms with Gasteiger partial charge in [0, 0.05) is 42.0 Å². The van der Waals surface area contributed by atoms with E-state index in [2.05, 4.69) is 9.88 Å². The Labute approximate surface area is 165 Å². The van der Waals surface area contributed by atoms with Gasteiger partial charge in [0.05, 0.1) is 18.7 Å². The van der Waals surface area contributed by atoms with Gasteiger partial charge in [0.25, 0.3) is 0 Å². The molecule has 7 heteroatoms. The number of hydrogen-bond acceptors (Lipinski definition) is 5. The van der Waals surface area contributed by atoms with E-state index in [0.29, 0.717) is 6.42 Å². The highest BCUT2D eigenvalue weighted by Gasteiger charge is 2.22. The smallest absolute Gasteiger partial charge is 0.227 e. The lowest BCUT2D eigenvalue weighted by molar-refractivity contribution is -0.132. The SMILES string of the molecule is O=C(Cc1cccs1)N1CCN(Cc2nc(-c3ccc(F)cc3)cs2)CC1. The number of hydrogen-bond donors (Lipinski definition) is 0. The fourth-order valence-electron chi connectivity index (χ4n) is 3.16. The monoisotopic (exact) mass is 401 g/mol. The molecule has 27 heavy (non-hydrogen) atoms. The van der Waals surface area contributed by atoms with Crippen LogP contribution in [-0.2, 0) is 17.8 Å². The molecule has 1 fully saturated rings. The predicted octanol–water partition coefficient (Wildman–Crippen LogP) is 3.90. The van der Waals surface area contributed by atoms with Gasteiger partial charge in [0.15, 0.2) is 0 Å². The lowest BCUT2D eigenvalue weighted by Crippen LogP contribution is -2.48. The number of carbonyl (C=O) groups excluding carboxylic acids is 1. The Bertz CT molecular complexity index is 884. The van der Waals surface area contributed by atoms with Crippen LogP contribution in [0.1, 0.15) is 9.88 Å². The Kier molecular flexibility index (Phi) is 5.61. The van der Waals surface area contributed by atoms with Gasteiger partial charge in [-0.25, -0.2) is 9.37 Å². The number of carbonyl (C=O) groups is 1. The predicted molar refractivity (Wildman–Crippen MR) is 107 cm³/mol.